The standard InChI is InChI=1S/C15H19BrFN3/c1-2-7-18-8-6-13-10-20(11-19-13)9-12-4-3-5-14(17)15(12)16/h3-5,10-11,18H,2,6-9H2,1H3. The SMILES string of the molecule is CCCNCCc1cn(Cc2cccc(F)c2Br)cn1. The predicted octanol–water partition coefficient (Wildman–Crippen LogP) is 3.38. The molecule has 0 aliphatic carbocycles. The third-order valence-electron chi connectivity index (χ3n) is 3.06. The molecular formula is C15H19BrFN3. The average molecular weight is 340 g/mol. The molecule has 0 bridgehead atoms. The van der Waals surface area contributed by atoms with Crippen LogP contribution in [0.5, 0.6) is 0 Å². The lowest BCUT2D eigenvalue weighted by Crippen LogP contribution is -2.17. The Morgan fingerprint density at radius 3 is 3.00 bits per heavy atom. The first-order valence-electron chi connectivity index (χ1n) is 6.85. The molecule has 1 aromatic heterocycles. The van der Waals surface area contributed by atoms with Gasteiger partial charge in [-0.25, -0.2) is 9.37 Å². The Labute approximate surface area is 127 Å². The molecule has 1 N–H and O–H groups in total. The molecule has 0 aliphatic rings. The Bertz CT molecular complexity index is 554. The van der Waals surface area contributed by atoms with Gasteiger partial charge >= 0.3 is 0 Å². The summed E-state index contributed by atoms with van der Waals surface area (Å²) in [5.41, 5.74) is 1.97. The highest BCUT2D eigenvalue weighted by molar-refractivity contribution is 9.10. The first-order chi connectivity index (χ1) is 9.70. The molecule has 0 aliphatic heterocycles. The van der Waals surface area contributed by atoms with Gasteiger partial charge in [0.2, 0.25) is 0 Å². The van der Waals surface area contributed by atoms with Crippen molar-refractivity contribution in [3.8, 4) is 0 Å². The van der Waals surface area contributed by atoms with Gasteiger partial charge in [-0.1, -0.05) is 19.1 Å². The second-order valence-corrected chi connectivity index (χ2v) is 5.54. The van der Waals surface area contributed by atoms with E-state index in [1.54, 1.807) is 12.4 Å². The Kier molecular flexibility index (Phi) is 5.73. The lowest BCUT2D eigenvalue weighted by Gasteiger charge is -2.05. The smallest absolute Gasteiger partial charge is 0.137 e. The minimum Gasteiger partial charge on any atom is -0.333 e. The topological polar surface area (TPSA) is 29.9 Å². The molecule has 1 heterocycles. The summed E-state index contributed by atoms with van der Waals surface area (Å²) < 4.78 is 16.0. The number of hydrogen-bond acceptors (Lipinski definition) is 2. The van der Waals surface area contributed by atoms with Crippen molar-refractivity contribution in [2.24, 2.45) is 0 Å². The molecular weight excluding hydrogens is 321 g/mol. The third-order valence-corrected chi connectivity index (χ3v) is 3.94. The van der Waals surface area contributed by atoms with Crippen LogP contribution in [-0.2, 0) is 13.0 Å². The van der Waals surface area contributed by atoms with Gasteiger partial charge in [0.05, 0.1) is 16.5 Å². The van der Waals surface area contributed by atoms with Gasteiger partial charge in [0.1, 0.15) is 5.82 Å². The Morgan fingerprint density at radius 1 is 1.35 bits per heavy atom. The number of hydrogen-bond donors (Lipinski definition) is 1. The molecule has 0 saturated carbocycles. The second kappa shape index (κ2) is 7.55. The van der Waals surface area contributed by atoms with Crippen LogP contribution in [0.2, 0.25) is 0 Å². The third kappa shape index (κ3) is 4.15. The van der Waals surface area contributed by atoms with E-state index < -0.39 is 0 Å². The van der Waals surface area contributed by atoms with E-state index in [0.29, 0.717) is 11.0 Å². The quantitative estimate of drug-likeness (QED) is 0.783. The molecule has 108 valence electrons. The molecule has 20 heavy (non-hydrogen) atoms. The Balaban J connectivity index is 1.94. The van der Waals surface area contributed by atoms with E-state index in [1.807, 2.05) is 16.8 Å². The zero-order valence-electron chi connectivity index (χ0n) is 11.6. The Morgan fingerprint density at radius 2 is 2.20 bits per heavy atom. The number of imidazole rings is 1. The summed E-state index contributed by atoms with van der Waals surface area (Å²) in [6, 6.07) is 5.09. The summed E-state index contributed by atoms with van der Waals surface area (Å²) in [6.45, 7) is 4.75. The van der Waals surface area contributed by atoms with Gasteiger partial charge in [-0.15, -0.1) is 0 Å². The summed E-state index contributed by atoms with van der Waals surface area (Å²) >= 11 is 3.28. The molecule has 2 rings (SSSR count). The van der Waals surface area contributed by atoms with Crippen molar-refractivity contribution in [2.45, 2.75) is 26.3 Å². The van der Waals surface area contributed by atoms with Crippen LogP contribution in [0.15, 0.2) is 35.2 Å². The monoisotopic (exact) mass is 339 g/mol. The largest absolute Gasteiger partial charge is 0.333 e. The number of rotatable bonds is 7. The predicted molar refractivity (Wildman–Crippen MR) is 82.3 cm³/mol. The molecule has 0 spiro atoms. The van der Waals surface area contributed by atoms with Crippen LogP contribution in [0.4, 0.5) is 4.39 Å². The van der Waals surface area contributed by atoms with Crippen LogP contribution in [0.1, 0.15) is 24.6 Å². The van der Waals surface area contributed by atoms with Crippen molar-refractivity contribution in [3.05, 3.63) is 52.3 Å². The average Bonchev–Trinajstić information content (AvgIpc) is 2.88. The number of benzene rings is 1. The summed E-state index contributed by atoms with van der Waals surface area (Å²) in [5, 5.41) is 3.35. The second-order valence-electron chi connectivity index (χ2n) is 4.75. The highest BCUT2D eigenvalue weighted by Gasteiger charge is 2.06. The number of nitrogens with zero attached hydrogens (tertiary/aromatic N) is 2. The van der Waals surface area contributed by atoms with Crippen LogP contribution >= 0.6 is 15.9 Å². The van der Waals surface area contributed by atoms with E-state index in [1.165, 1.54) is 6.07 Å². The van der Waals surface area contributed by atoms with Crippen molar-refractivity contribution < 1.29 is 4.39 Å². The first-order valence-corrected chi connectivity index (χ1v) is 7.64. The van der Waals surface area contributed by atoms with Crippen molar-refractivity contribution in [3.63, 3.8) is 0 Å². The van der Waals surface area contributed by atoms with Gasteiger partial charge in [-0.05, 0) is 40.5 Å². The molecule has 3 nitrogen and oxygen atoms in total. The van der Waals surface area contributed by atoms with Crippen molar-refractivity contribution in [1.82, 2.24) is 14.9 Å². The molecule has 0 amide bonds. The number of aromatic nitrogens is 2. The summed E-state index contributed by atoms with van der Waals surface area (Å²) in [4.78, 5) is 4.38. The maximum atomic E-state index is 13.4. The normalized spacial score (nSPS) is 10.9. The minimum atomic E-state index is -0.230. The fourth-order valence-electron chi connectivity index (χ4n) is 2.01. The number of halogens is 2. The fraction of sp³-hybridized carbons (Fsp3) is 0.400. The maximum absolute atomic E-state index is 13.4. The minimum absolute atomic E-state index is 0.230. The molecule has 0 unspecified atom stereocenters. The van der Waals surface area contributed by atoms with E-state index in [4.69, 9.17) is 0 Å². The van der Waals surface area contributed by atoms with Crippen LogP contribution < -0.4 is 5.32 Å². The summed E-state index contributed by atoms with van der Waals surface area (Å²) in [5.74, 6) is -0.230. The summed E-state index contributed by atoms with van der Waals surface area (Å²) in [7, 11) is 0. The fourth-order valence-corrected chi connectivity index (χ4v) is 2.40. The Hall–Kier alpha value is -1.20. The number of nitrogens with one attached hydrogen (secondary N) is 1. The van der Waals surface area contributed by atoms with E-state index in [0.717, 1.165) is 37.2 Å². The van der Waals surface area contributed by atoms with E-state index in [2.05, 4.69) is 33.2 Å². The lowest BCUT2D eigenvalue weighted by atomic mass is 10.2. The molecule has 0 fully saturated rings. The van der Waals surface area contributed by atoms with Crippen LogP contribution in [0.25, 0.3) is 0 Å². The maximum Gasteiger partial charge on any atom is 0.137 e. The van der Waals surface area contributed by atoms with Crippen molar-refractivity contribution >= 4 is 15.9 Å². The van der Waals surface area contributed by atoms with Crippen LogP contribution in [0, 0.1) is 5.82 Å². The summed E-state index contributed by atoms with van der Waals surface area (Å²) in [6.07, 6.45) is 5.87. The highest BCUT2D eigenvalue weighted by Crippen LogP contribution is 2.21. The van der Waals surface area contributed by atoms with E-state index in [-0.39, 0.29) is 5.82 Å². The van der Waals surface area contributed by atoms with Gasteiger partial charge in [-0.3, -0.25) is 0 Å². The van der Waals surface area contributed by atoms with Gasteiger partial charge in [0.25, 0.3) is 0 Å². The molecule has 0 saturated heterocycles. The van der Waals surface area contributed by atoms with Gasteiger partial charge in [-0.2, -0.15) is 0 Å². The molecule has 0 atom stereocenters. The molecule has 1 aromatic carbocycles. The van der Waals surface area contributed by atoms with Crippen LogP contribution in [-0.4, -0.2) is 22.6 Å². The zero-order chi connectivity index (χ0) is 14.4. The highest BCUT2D eigenvalue weighted by atomic mass is 79.9. The molecule has 2 aromatic rings. The van der Waals surface area contributed by atoms with Crippen molar-refractivity contribution in [2.75, 3.05) is 13.1 Å². The van der Waals surface area contributed by atoms with E-state index in [9.17, 15) is 4.39 Å². The van der Waals surface area contributed by atoms with Gasteiger partial charge in [0, 0.05) is 25.7 Å². The van der Waals surface area contributed by atoms with Crippen LogP contribution in [0.3, 0.4) is 0 Å². The van der Waals surface area contributed by atoms with Gasteiger partial charge in [0.15, 0.2) is 0 Å². The zero-order valence-corrected chi connectivity index (χ0v) is 13.2. The van der Waals surface area contributed by atoms with E-state index >= 15 is 0 Å². The first kappa shape index (κ1) is 15.2. The lowest BCUT2D eigenvalue weighted by molar-refractivity contribution is 0.616. The van der Waals surface area contributed by atoms with Gasteiger partial charge < -0.3 is 9.88 Å². The van der Waals surface area contributed by atoms with Crippen molar-refractivity contribution in [1.29, 1.82) is 0 Å². The molecule has 5 heteroatoms. The molecule has 0 radical (unpaired) electrons.